The van der Waals surface area contributed by atoms with E-state index in [9.17, 15) is 22.0 Å². The maximum atomic E-state index is 13.4. The fraction of sp³-hybridized carbons (Fsp3) is 0.500. The van der Waals surface area contributed by atoms with Crippen molar-refractivity contribution in [3.63, 3.8) is 0 Å². The third kappa shape index (κ3) is 2.48. The Morgan fingerprint density at radius 2 is 2.06 bits per heavy atom. The molecule has 0 amide bonds. The van der Waals surface area contributed by atoms with Gasteiger partial charge in [0.2, 0.25) is 0 Å². The fourth-order valence-corrected chi connectivity index (χ4v) is 2.16. The Morgan fingerprint density at radius 3 is 2.72 bits per heavy atom. The van der Waals surface area contributed by atoms with E-state index in [2.05, 4.69) is 5.32 Å². The highest BCUT2D eigenvalue weighted by molar-refractivity contribution is 5.35. The zero-order chi connectivity index (χ0) is 13.3. The highest BCUT2D eigenvalue weighted by atomic mass is 19.3. The first-order valence-corrected chi connectivity index (χ1v) is 5.58. The van der Waals surface area contributed by atoms with E-state index in [1.807, 2.05) is 0 Å². The molecule has 1 atom stereocenters. The molecule has 1 N–H and O–H groups in total. The molecule has 0 aliphatic heterocycles. The predicted octanol–water partition coefficient (Wildman–Crippen LogP) is 3.30. The van der Waals surface area contributed by atoms with Crippen LogP contribution < -0.4 is 5.32 Å². The maximum Gasteiger partial charge on any atom is 0.319 e. The van der Waals surface area contributed by atoms with Crippen LogP contribution in [0.25, 0.3) is 0 Å². The summed E-state index contributed by atoms with van der Waals surface area (Å²) in [5.74, 6) is -4.44. The number of alkyl halides is 4. The number of fused-ring (bicyclic) bond motifs is 1. The predicted molar refractivity (Wildman–Crippen MR) is 56.4 cm³/mol. The van der Waals surface area contributed by atoms with E-state index < -0.39 is 24.9 Å². The van der Waals surface area contributed by atoms with Crippen LogP contribution in [-0.2, 0) is 6.42 Å². The Balaban J connectivity index is 2.05. The smallest absolute Gasteiger partial charge is 0.304 e. The number of hydrogen-bond acceptors (Lipinski definition) is 1. The molecule has 0 spiro atoms. The van der Waals surface area contributed by atoms with Gasteiger partial charge in [0.1, 0.15) is 5.82 Å². The highest BCUT2D eigenvalue weighted by Gasteiger charge is 2.41. The van der Waals surface area contributed by atoms with Crippen molar-refractivity contribution < 1.29 is 22.0 Å². The fourth-order valence-electron chi connectivity index (χ4n) is 2.16. The van der Waals surface area contributed by atoms with Gasteiger partial charge < -0.3 is 5.32 Å². The number of rotatable bonds is 4. The lowest BCUT2D eigenvalue weighted by Gasteiger charge is -2.20. The van der Waals surface area contributed by atoms with Gasteiger partial charge in [-0.1, -0.05) is 12.1 Å². The molecule has 1 nitrogen and oxygen atoms in total. The molecule has 0 saturated heterocycles. The molecular weight excluding hydrogens is 253 g/mol. The maximum absolute atomic E-state index is 13.4. The molecule has 0 bridgehead atoms. The summed E-state index contributed by atoms with van der Waals surface area (Å²) in [6.07, 6.45) is -2.83. The first-order valence-electron chi connectivity index (χ1n) is 5.58. The Morgan fingerprint density at radius 1 is 1.33 bits per heavy atom. The van der Waals surface area contributed by atoms with E-state index in [1.54, 1.807) is 6.07 Å². The second kappa shape index (κ2) is 4.84. The second-order valence-electron chi connectivity index (χ2n) is 4.34. The molecule has 1 unspecified atom stereocenters. The lowest BCUT2D eigenvalue weighted by Crippen LogP contribution is -2.39. The van der Waals surface area contributed by atoms with Gasteiger partial charge in [-0.15, -0.1) is 0 Å². The Labute approximate surface area is 101 Å². The van der Waals surface area contributed by atoms with Gasteiger partial charge in [0.15, 0.2) is 0 Å². The molecule has 2 rings (SSSR count). The van der Waals surface area contributed by atoms with Crippen molar-refractivity contribution in [1.82, 2.24) is 5.32 Å². The first kappa shape index (κ1) is 13.3. The van der Waals surface area contributed by atoms with Crippen LogP contribution in [0, 0.1) is 5.82 Å². The summed E-state index contributed by atoms with van der Waals surface area (Å²) in [4.78, 5) is 0. The molecule has 6 heteroatoms. The Bertz CT molecular complexity index is 432. The van der Waals surface area contributed by atoms with E-state index >= 15 is 0 Å². The standard InChI is InChI=1S/C12H12F5N/c13-9-3-1-2-8-7(9)4-5-10(8)18-6-12(16,17)11(14)15/h1-3,10-11,18H,4-6H2. The number of halogens is 5. The van der Waals surface area contributed by atoms with Gasteiger partial charge in [-0.2, -0.15) is 8.78 Å². The minimum atomic E-state index is -4.06. The highest BCUT2D eigenvalue weighted by Crippen LogP contribution is 2.33. The molecule has 100 valence electrons. The van der Waals surface area contributed by atoms with Crippen LogP contribution in [-0.4, -0.2) is 18.9 Å². The first-order chi connectivity index (χ1) is 8.42. The molecule has 0 radical (unpaired) electrons. The van der Waals surface area contributed by atoms with Gasteiger partial charge in [-0.3, -0.25) is 0 Å². The van der Waals surface area contributed by atoms with E-state index in [-0.39, 0.29) is 5.82 Å². The number of benzene rings is 1. The van der Waals surface area contributed by atoms with E-state index in [0.717, 1.165) is 0 Å². The van der Waals surface area contributed by atoms with E-state index in [0.29, 0.717) is 24.0 Å². The number of hydrogen-bond donors (Lipinski definition) is 1. The van der Waals surface area contributed by atoms with Crippen molar-refractivity contribution in [3.05, 3.63) is 35.1 Å². The molecule has 1 aliphatic rings. The summed E-state index contributed by atoms with van der Waals surface area (Å²) in [6, 6.07) is 3.93. The van der Waals surface area contributed by atoms with Gasteiger partial charge in [-0.25, -0.2) is 13.2 Å². The zero-order valence-corrected chi connectivity index (χ0v) is 9.40. The van der Waals surface area contributed by atoms with Crippen LogP contribution in [0.5, 0.6) is 0 Å². The van der Waals surface area contributed by atoms with Crippen LogP contribution in [0.4, 0.5) is 22.0 Å². The van der Waals surface area contributed by atoms with Crippen molar-refractivity contribution in [2.75, 3.05) is 6.54 Å². The summed E-state index contributed by atoms with van der Waals surface area (Å²) in [7, 11) is 0. The van der Waals surface area contributed by atoms with Crippen molar-refractivity contribution in [1.29, 1.82) is 0 Å². The summed E-state index contributed by atoms with van der Waals surface area (Å²) in [5.41, 5.74) is 1.07. The summed E-state index contributed by atoms with van der Waals surface area (Å²) in [5, 5.41) is 2.39. The molecule has 1 aromatic carbocycles. The van der Waals surface area contributed by atoms with E-state index in [4.69, 9.17) is 0 Å². The van der Waals surface area contributed by atoms with Crippen LogP contribution >= 0.6 is 0 Å². The zero-order valence-electron chi connectivity index (χ0n) is 9.40. The monoisotopic (exact) mass is 265 g/mol. The second-order valence-corrected chi connectivity index (χ2v) is 4.34. The largest absolute Gasteiger partial charge is 0.319 e. The van der Waals surface area contributed by atoms with Gasteiger partial charge in [-0.05, 0) is 30.0 Å². The van der Waals surface area contributed by atoms with E-state index in [1.165, 1.54) is 12.1 Å². The van der Waals surface area contributed by atoms with Crippen molar-refractivity contribution >= 4 is 0 Å². The average Bonchev–Trinajstić information content (AvgIpc) is 2.71. The molecular formula is C12H12F5N. The minimum Gasteiger partial charge on any atom is -0.304 e. The molecule has 0 aromatic heterocycles. The van der Waals surface area contributed by atoms with Crippen LogP contribution in [0.1, 0.15) is 23.6 Å². The molecule has 0 heterocycles. The van der Waals surface area contributed by atoms with Gasteiger partial charge in [0, 0.05) is 6.04 Å². The van der Waals surface area contributed by atoms with Crippen LogP contribution in [0.2, 0.25) is 0 Å². The third-order valence-electron chi connectivity index (χ3n) is 3.12. The molecule has 1 aromatic rings. The van der Waals surface area contributed by atoms with Gasteiger partial charge in [0.25, 0.3) is 0 Å². The topological polar surface area (TPSA) is 12.0 Å². The molecule has 1 aliphatic carbocycles. The Hall–Kier alpha value is -1.17. The average molecular weight is 265 g/mol. The quantitative estimate of drug-likeness (QED) is 0.824. The van der Waals surface area contributed by atoms with Crippen LogP contribution in [0.3, 0.4) is 0 Å². The normalized spacial score (nSPS) is 19.3. The lowest BCUT2D eigenvalue weighted by molar-refractivity contribution is -0.126. The van der Waals surface area contributed by atoms with Gasteiger partial charge >= 0.3 is 12.3 Å². The molecule has 0 saturated carbocycles. The molecule has 18 heavy (non-hydrogen) atoms. The SMILES string of the molecule is Fc1cccc2c1CCC2NCC(F)(F)C(F)F. The van der Waals surface area contributed by atoms with Crippen molar-refractivity contribution in [3.8, 4) is 0 Å². The lowest BCUT2D eigenvalue weighted by atomic mass is 10.1. The summed E-state index contributed by atoms with van der Waals surface area (Å²) < 4.78 is 62.9. The summed E-state index contributed by atoms with van der Waals surface area (Å²) in [6.45, 7) is -1.11. The number of nitrogens with one attached hydrogen (secondary N) is 1. The van der Waals surface area contributed by atoms with Crippen molar-refractivity contribution in [2.45, 2.75) is 31.2 Å². The van der Waals surface area contributed by atoms with Crippen LogP contribution in [0.15, 0.2) is 18.2 Å². The third-order valence-corrected chi connectivity index (χ3v) is 3.12. The summed E-state index contributed by atoms with van der Waals surface area (Å²) >= 11 is 0. The van der Waals surface area contributed by atoms with Crippen molar-refractivity contribution in [2.24, 2.45) is 0 Å². The molecule has 0 fully saturated rings. The minimum absolute atomic E-state index is 0.377. The Kier molecular flexibility index (Phi) is 3.56. The van der Waals surface area contributed by atoms with Gasteiger partial charge in [0.05, 0.1) is 6.54 Å².